The molecule has 0 saturated carbocycles. The molecule has 30 heavy (non-hydrogen) atoms. The summed E-state index contributed by atoms with van der Waals surface area (Å²) >= 11 is 0. The molecule has 2 aromatic carbocycles. The van der Waals surface area contributed by atoms with Crippen LogP contribution in [-0.4, -0.2) is 44.1 Å². The van der Waals surface area contributed by atoms with E-state index >= 15 is 0 Å². The number of aryl methyl sites for hydroxylation is 1. The van der Waals surface area contributed by atoms with Gasteiger partial charge in [0.1, 0.15) is 0 Å². The van der Waals surface area contributed by atoms with E-state index in [0.29, 0.717) is 42.0 Å². The van der Waals surface area contributed by atoms with Gasteiger partial charge in [-0.3, -0.25) is 4.79 Å². The number of rotatable bonds is 6. The third-order valence-corrected chi connectivity index (χ3v) is 4.83. The molecule has 0 N–H and O–H groups in total. The predicted molar refractivity (Wildman–Crippen MR) is 106 cm³/mol. The van der Waals surface area contributed by atoms with Gasteiger partial charge in [-0.15, -0.1) is 10.2 Å². The molecular formula is C21H22F3N5O. The lowest BCUT2D eigenvalue weighted by Crippen LogP contribution is -2.30. The van der Waals surface area contributed by atoms with Gasteiger partial charge in [-0.05, 0) is 60.9 Å². The molecule has 0 radical (unpaired) electrons. The van der Waals surface area contributed by atoms with Crippen LogP contribution in [-0.2, 0) is 19.6 Å². The van der Waals surface area contributed by atoms with E-state index in [1.54, 1.807) is 30.1 Å². The lowest BCUT2D eigenvalue weighted by atomic mass is 9.96. The van der Waals surface area contributed by atoms with E-state index in [9.17, 15) is 18.0 Å². The molecule has 0 bridgehead atoms. The maximum absolute atomic E-state index is 12.8. The van der Waals surface area contributed by atoms with Gasteiger partial charge in [0.25, 0.3) is 5.91 Å². The fourth-order valence-electron chi connectivity index (χ4n) is 3.19. The van der Waals surface area contributed by atoms with Crippen LogP contribution in [0.15, 0.2) is 42.5 Å². The molecule has 0 aliphatic rings. The number of carbonyl (C=O) groups is 1. The number of halogens is 3. The van der Waals surface area contributed by atoms with Crippen molar-refractivity contribution in [1.29, 1.82) is 0 Å². The predicted octanol–water partition coefficient (Wildman–Crippen LogP) is 3.97. The second-order valence-corrected chi connectivity index (χ2v) is 6.82. The average Bonchev–Trinajstić information content (AvgIpc) is 3.15. The van der Waals surface area contributed by atoms with Crippen molar-refractivity contribution in [2.75, 3.05) is 13.1 Å². The first kappa shape index (κ1) is 21.5. The topological polar surface area (TPSA) is 63.9 Å². The number of alkyl halides is 3. The van der Waals surface area contributed by atoms with Gasteiger partial charge in [0.05, 0.1) is 12.6 Å². The van der Waals surface area contributed by atoms with Crippen LogP contribution < -0.4 is 0 Å². The fraction of sp³-hybridized carbons (Fsp3) is 0.333. The summed E-state index contributed by atoms with van der Waals surface area (Å²) in [6.45, 7) is 4.99. The van der Waals surface area contributed by atoms with E-state index in [1.807, 2.05) is 13.8 Å². The van der Waals surface area contributed by atoms with Crippen molar-refractivity contribution < 1.29 is 18.0 Å². The van der Waals surface area contributed by atoms with Crippen molar-refractivity contribution in [1.82, 2.24) is 25.1 Å². The third kappa shape index (κ3) is 4.67. The summed E-state index contributed by atoms with van der Waals surface area (Å²) in [6.07, 6.45) is -4.01. The standard InChI is InChI=1S/C21H22F3N5O/c1-4-29(5-2)20(30)16-9-8-15(18(13-16)19-25-27-28(3)26-19)12-14-6-10-17(11-7-14)21(22,23)24/h6-11,13H,4-5,12H2,1-3H3. The van der Waals surface area contributed by atoms with Crippen LogP contribution >= 0.6 is 0 Å². The minimum Gasteiger partial charge on any atom is -0.339 e. The molecule has 6 nitrogen and oxygen atoms in total. The molecule has 158 valence electrons. The molecule has 3 aromatic rings. The SMILES string of the molecule is CCN(CC)C(=O)c1ccc(Cc2ccc(C(F)(F)F)cc2)c(-c2nnn(C)n2)c1. The van der Waals surface area contributed by atoms with Gasteiger partial charge in [-0.1, -0.05) is 18.2 Å². The van der Waals surface area contributed by atoms with E-state index < -0.39 is 11.7 Å². The van der Waals surface area contributed by atoms with E-state index in [0.717, 1.165) is 17.7 Å². The molecule has 9 heteroatoms. The van der Waals surface area contributed by atoms with Crippen LogP contribution in [0.2, 0.25) is 0 Å². The van der Waals surface area contributed by atoms with Crippen LogP contribution in [0, 0.1) is 0 Å². The van der Waals surface area contributed by atoms with Crippen molar-refractivity contribution in [3.8, 4) is 11.4 Å². The van der Waals surface area contributed by atoms with Crippen LogP contribution in [0.25, 0.3) is 11.4 Å². The summed E-state index contributed by atoms with van der Waals surface area (Å²) in [5.74, 6) is 0.250. The summed E-state index contributed by atoms with van der Waals surface area (Å²) in [6, 6.07) is 10.3. The molecule has 1 amide bonds. The summed E-state index contributed by atoms with van der Waals surface area (Å²) in [7, 11) is 1.64. The van der Waals surface area contributed by atoms with Crippen LogP contribution in [0.5, 0.6) is 0 Å². The first-order valence-electron chi connectivity index (χ1n) is 9.55. The minimum atomic E-state index is -4.38. The Morgan fingerprint density at radius 2 is 1.73 bits per heavy atom. The number of hydrogen-bond acceptors (Lipinski definition) is 4. The Balaban J connectivity index is 1.98. The molecule has 0 spiro atoms. The zero-order chi connectivity index (χ0) is 21.9. The van der Waals surface area contributed by atoms with Crippen molar-refractivity contribution in [2.45, 2.75) is 26.4 Å². The molecule has 1 aromatic heterocycles. The second-order valence-electron chi connectivity index (χ2n) is 6.82. The number of tetrazole rings is 1. The van der Waals surface area contributed by atoms with E-state index in [2.05, 4.69) is 15.4 Å². The van der Waals surface area contributed by atoms with E-state index in [1.165, 1.54) is 16.9 Å². The quantitative estimate of drug-likeness (QED) is 0.609. The lowest BCUT2D eigenvalue weighted by Gasteiger charge is -2.19. The fourth-order valence-corrected chi connectivity index (χ4v) is 3.19. The monoisotopic (exact) mass is 417 g/mol. The number of benzene rings is 2. The largest absolute Gasteiger partial charge is 0.416 e. The van der Waals surface area contributed by atoms with Gasteiger partial charge in [-0.25, -0.2) is 0 Å². The Labute approximate surface area is 172 Å². The second kappa shape index (κ2) is 8.64. The van der Waals surface area contributed by atoms with Gasteiger partial charge >= 0.3 is 6.18 Å². The molecular weight excluding hydrogens is 395 g/mol. The minimum absolute atomic E-state index is 0.105. The Hall–Kier alpha value is -3.23. The number of nitrogens with zero attached hydrogens (tertiary/aromatic N) is 5. The highest BCUT2D eigenvalue weighted by Gasteiger charge is 2.30. The molecule has 0 fully saturated rings. The van der Waals surface area contributed by atoms with Gasteiger partial charge < -0.3 is 4.90 Å². The molecule has 0 atom stereocenters. The summed E-state index contributed by atoms with van der Waals surface area (Å²) in [5, 5.41) is 12.1. The lowest BCUT2D eigenvalue weighted by molar-refractivity contribution is -0.137. The first-order valence-corrected chi connectivity index (χ1v) is 9.55. The third-order valence-electron chi connectivity index (χ3n) is 4.83. The van der Waals surface area contributed by atoms with Gasteiger partial charge in [0.2, 0.25) is 5.82 Å². The smallest absolute Gasteiger partial charge is 0.339 e. The number of hydrogen-bond donors (Lipinski definition) is 0. The van der Waals surface area contributed by atoms with Crippen molar-refractivity contribution in [3.63, 3.8) is 0 Å². The molecule has 0 saturated heterocycles. The highest BCUT2D eigenvalue weighted by atomic mass is 19.4. The summed E-state index contributed by atoms with van der Waals surface area (Å²) < 4.78 is 38.4. The Kier molecular flexibility index (Phi) is 6.19. The Morgan fingerprint density at radius 3 is 2.27 bits per heavy atom. The van der Waals surface area contributed by atoms with Crippen LogP contribution in [0.1, 0.15) is 40.9 Å². The zero-order valence-electron chi connectivity index (χ0n) is 16.9. The van der Waals surface area contributed by atoms with Gasteiger partial charge in [0.15, 0.2) is 0 Å². The van der Waals surface area contributed by atoms with Gasteiger partial charge in [-0.2, -0.15) is 18.0 Å². The molecule has 0 aliphatic carbocycles. The van der Waals surface area contributed by atoms with E-state index in [-0.39, 0.29) is 5.91 Å². The van der Waals surface area contributed by atoms with Gasteiger partial charge in [0, 0.05) is 24.2 Å². The maximum Gasteiger partial charge on any atom is 0.416 e. The highest BCUT2D eigenvalue weighted by Crippen LogP contribution is 2.30. The summed E-state index contributed by atoms with van der Waals surface area (Å²) in [4.78, 5) is 15.8. The summed E-state index contributed by atoms with van der Waals surface area (Å²) in [5.41, 5.74) is 1.93. The molecule has 0 aliphatic heterocycles. The highest BCUT2D eigenvalue weighted by molar-refractivity contribution is 5.95. The molecule has 0 unspecified atom stereocenters. The first-order chi connectivity index (χ1) is 14.2. The van der Waals surface area contributed by atoms with E-state index in [4.69, 9.17) is 0 Å². The van der Waals surface area contributed by atoms with Crippen LogP contribution in [0.4, 0.5) is 13.2 Å². The van der Waals surface area contributed by atoms with Crippen LogP contribution in [0.3, 0.4) is 0 Å². The Morgan fingerprint density at radius 1 is 1.07 bits per heavy atom. The zero-order valence-corrected chi connectivity index (χ0v) is 16.9. The molecule has 3 rings (SSSR count). The normalized spacial score (nSPS) is 11.5. The Bertz CT molecular complexity index is 1020. The van der Waals surface area contributed by atoms with Crippen molar-refractivity contribution >= 4 is 5.91 Å². The van der Waals surface area contributed by atoms with Crippen molar-refractivity contribution in [2.24, 2.45) is 7.05 Å². The average molecular weight is 417 g/mol. The maximum atomic E-state index is 12.8. The number of aromatic nitrogens is 4. The number of carbonyl (C=O) groups excluding carboxylic acids is 1. The molecule has 1 heterocycles. The van der Waals surface area contributed by atoms with Crippen molar-refractivity contribution in [3.05, 3.63) is 64.7 Å². The number of amides is 1.